The van der Waals surface area contributed by atoms with Crippen molar-refractivity contribution in [3.8, 4) is 5.75 Å². The van der Waals surface area contributed by atoms with Crippen LogP contribution in [0.15, 0.2) is 40.9 Å². The SMILES string of the molecule is C[C@@H]1c2cccc(O)c2C(=O)C2=C(O)[C@]3(O)C(=O)C(C(=O)O)=C(O)[C@H](N(C)C)[C@H]3[C@H](O)[C@H]21. The summed E-state index contributed by atoms with van der Waals surface area (Å²) >= 11 is 0. The number of Topliss-reactive ketones (excluding diaryl/α,β-unsaturated/α-hetero) is 2. The highest BCUT2D eigenvalue weighted by Crippen LogP contribution is 2.55. The van der Waals surface area contributed by atoms with E-state index < -0.39 is 75.7 Å². The Kier molecular flexibility index (Phi) is 4.74. The maximum Gasteiger partial charge on any atom is 0.342 e. The van der Waals surface area contributed by atoms with Gasteiger partial charge in [0.2, 0.25) is 5.78 Å². The zero-order valence-corrected chi connectivity index (χ0v) is 17.5. The lowest BCUT2D eigenvalue weighted by molar-refractivity contribution is -0.163. The van der Waals surface area contributed by atoms with Gasteiger partial charge in [0.05, 0.1) is 23.6 Å². The van der Waals surface area contributed by atoms with Crippen LogP contribution >= 0.6 is 0 Å². The first-order chi connectivity index (χ1) is 14.9. The van der Waals surface area contributed by atoms with Crippen molar-refractivity contribution in [2.75, 3.05) is 14.1 Å². The summed E-state index contributed by atoms with van der Waals surface area (Å²) in [5.74, 6) is -9.83. The van der Waals surface area contributed by atoms with Crippen LogP contribution in [0, 0.1) is 11.8 Å². The number of aromatic hydroxyl groups is 1. The number of carboxylic acid groups (broad SMARTS) is 1. The maximum absolute atomic E-state index is 13.3. The maximum atomic E-state index is 13.3. The van der Waals surface area contributed by atoms with Crippen molar-refractivity contribution < 1.29 is 45.0 Å². The second kappa shape index (κ2) is 6.89. The number of hydrogen-bond donors (Lipinski definition) is 6. The van der Waals surface area contributed by atoms with Gasteiger partial charge in [0.25, 0.3) is 0 Å². The van der Waals surface area contributed by atoms with E-state index in [9.17, 15) is 45.0 Å². The summed E-state index contributed by atoms with van der Waals surface area (Å²) in [4.78, 5) is 39.4. The van der Waals surface area contributed by atoms with E-state index in [1.807, 2.05) is 0 Å². The van der Waals surface area contributed by atoms with Crippen LogP contribution in [0.1, 0.15) is 28.8 Å². The van der Waals surface area contributed by atoms with Crippen molar-refractivity contribution in [1.29, 1.82) is 0 Å². The average Bonchev–Trinajstić information content (AvgIpc) is 2.70. The van der Waals surface area contributed by atoms with Crippen LogP contribution < -0.4 is 0 Å². The minimum atomic E-state index is -2.97. The summed E-state index contributed by atoms with van der Waals surface area (Å²) in [7, 11) is 2.89. The molecule has 0 saturated carbocycles. The number of aliphatic carboxylic acids is 1. The molecule has 32 heavy (non-hydrogen) atoms. The van der Waals surface area contributed by atoms with E-state index in [2.05, 4.69) is 0 Å². The van der Waals surface area contributed by atoms with E-state index in [1.165, 1.54) is 31.1 Å². The quantitative estimate of drug-likeness (QED) is 0.346. The number of phenolic OH excluding ortho intramolecular Hbond substituents is 1. The molecule has 0 saturated heterocycles. The monoisotopic (exact) mass is 445 g/mol. The highest BCUT2D eigenvalue weighted by atomic mass is 16.4. The molecule has 3 aliphatic rings. The Morgan fingerprint density at radius 2 is 1.75 bits per heavy atom. The predicted octanol–water partition coefficient (Wildman–Crippen LogP) is 0.252. The van der Waals surface area contributed by atoms with Gasteiger partial charge in [-0.3, -0.25) is 14.5 Å². The molecule has 1 aromatic rings. The Labute approximate surface area is 182 Å². The molecule has 4 rings (SSSR count). The Hall–Kier alpha value is -3.21. The predicted molar refractivity (Wildman–Crippen MR) is 108 cm³/mol. The van der Waals surface area contributed by atoms with Crippen molar-refractivity contribution in [1.82, 2.24) is 4.90 Å². The van der Waals surface area contributed by atoms with Crippen LogP contribution in [0.4, 0.5) is 0 Å². The highest BCUT2D eigenvalue weighted by molar-refractivity contribution is 6.23. The van der Waals surface area contributed by atoms with Gasteiger partial charge in [-0.15, -0.1) is 0 Å². The lowest BCUT2D eigenvalue weighted by Gasteiger charge is -2.53. The van der Waals surface area contributed by atoms with Gasteiger partial charge in [0.1, 0.15) is 22.8 Å². The molecule has 0 spiro atoms. The third-order valence-electron chi connectivity index (χ3n) is 6.96. The first kappa shape index (κ1) is 22.0. The smallest absolute Gasteiger partial charge is 0.342 e. The normalized spacial score (nSPS) is 34.4. The molecule has 6 N–H and O–H groups in total. The number of carbonyl (C=O) groups is 3. The Morgan fingerprint density at radius 1 is 1.12 bits per heavy atom. The standard InChI is InChI=1S/C22H23NO9/c1-7-8-5-4-6-9(24)11(8)16(25)12-10(7)17(26)14-15(23(2)3)18(27)13(21(30)31)20(29)22(14,32)19(12)28/h4-7,10,14-15,17,24,26-28,32H,1-3H3,(H,30,31)/t7-,10+,14+,15-,17-,22+/m1/s1. The third-order valence-corrected chi connectivity index (χ3v) is 6.96. The Bertz CT molecular complexity index is 1130. The summed E-state index contributed by atoms with van der Waals surface area (Å²) in [5, 5.41) is 64.3. The first-order valence-electron chi connectivity index (χ1n) is 9.95. The molecule has 0 aromatic heterocycles. The minimum absolute atomic E-state index is 0.128. The molecular weight excluding hydrogens is 422 g/mol. The van der Waals surface area contributed by atoms with Crippen molar-refractivity contribution >= 4 is 17.5 Å². The fraction of sp³-hybridized carbons (Fsp3) is 0.409. The van der Waals surface area contributed by atoms with E-state index in [1.54, 1.807) is 13.0 Å². The van der Waals surface area contributed by atoms with Gasteiger partial charge in [-0.2, -0.15) is 0 Å². The number of ketones is 2. The van der Waals surface area contributed by atoms with Gasteiger partial charge in [-0.1, -0.05) is 19.1 Å². The number of nitrogens with zero attached hydrogens (tertiary/aromatic N) is 1. The second-order valence-electron chi connectivity index (χ2n) is 8.73. The second-order valence-corrected chi connectivity index (χ2v) is 8.73. The molecule has 0 aliphatic heterocycles. The molecule has 170 valence electrons. The van der Waals surface area contributed by atoms with Gasteiger partial charge in [-0.05, 0) is 31.6 Å². The summed E-state index contributed by atoms with van der Waals surface area (Å²) in [6.07, 6.45) is -1.63. The summed E-state index contributed by atoms with van der Waals surface area (Å²) in [6, 6.07) is 3.04. The molecule has 6 atom stereocenters. The first-order valence-corrected chi connectivity index (χ1v) is 9.95. The molecule has 3 aliphatic carbocycles. The van der Waals surface area contributed by atoms with E-state index in [0.717, 1.165) is 0 Å². The number of rotatable bonds is 2. The van der Waals surface area contributed by atoms with Crippen molar-refractivity contribution in [2.24, 2.45) is 11.8 Å². The number of fused-ring (bicyclic) bond motifs is 3. The molecule has 0 amide bonds. The number of hydrogen-bond acceptors (Lipinski definition) is 9. The van der Waals surface area contributed by atoms with Gasteiger partial charge in [0, 0.05) is 11.5 Å². The molecule has 0 unspecified atom stereocenters. The molecule has 10 heteroatoms. The van der Waals surface area contributed by atoms with Gasteiger partial charge in [0.15, 0.2) is 11.4 Å². The average molecular weight is 445 g/mol. The number of benzene rings is 1. The fourth-order valence-corrected chi connectivity index (χ4v) is 5.55. The zero-order valence-electron chi connectivity index (χ0n) is 17.5. The lowest BCUT2D eigenvalue weighted by atomic mass is 9.55. The number of phenols is 1. The van der Waals surface area contributed by atoms with Gasteiger partial charge in [-0.25, -0.2) is 4.79 Å². The van der Waals surface area contributed by atoms with Gasteiger partial charge >= 0.3 is 5.97 Å². The summed E-state index contributed by atoms with van der Waals surface area (Å²) in [6.45, 7) is 1.66. The molecule has 0 bridgehead atoms. The Morgan fingerprint density at radius 3 is 2.31 bits per heavy atom. The van der Waals surface area contributed by atoms with Crippen LogP contribution in [-0.2, 0) is 9.59 Å². The molecule has 0 heterocycles. The van der Waals surface area contributed by atoms with Crippen LogP contribution in [-0.4, -0.2) is 84.9 Å². The molecular formula is C22H23NO9. The van der Waals surface area contributed by atoms with Crippen LogP contribution in [0.3, 0.4) is 0 Å². The zero-order chi connectivity index (χ0) is 23.9. The van der Waals surface area contributed by atoms with Crippen LogP contribution in [0.5, 0.6) is 5.75 Å². The number of aliphatic hydroxyl groups is 4. The molecule has 0 fully saturated rings. The molecule has 1 aromatic carbocycles. The van der Waals surface area contributed by atoms with Crippen molar-refractivity contribution in [3.05, 3.63) is 52.0 Å². The topological polar surface area (TPSA) is 176 Å². The van der Waals surface area contributed by atoms with E-state index in [-0.39, 0.29) is 11.3 Å². The highest BCUT2D eigenvalue weighted by Gasteiger charge is 2.67. The summed E-state index contributed by atoms with van der Waals surface area (Å²) in [5.41, 5.74) is -4.29. The van der Waals surface area contributed by atoms with Crippen LogP contribution in [0.25, 0.3) is 0 Å². The lowest BCUT2D eigenvalue weighted by Crippen LogP contribution is -2.68. The third kappa shape index (κ3) is 2.48. The van der Waals surface area contributed by atoms with E-state index >= 15 is 0 Å². The number of aliphatic hydroxyl groups excluding tert-OH is 3. The number of likely N-dealkylation sites (N-methyl/N-ethyl adjacent to an activating group) is 1. The summed E-state index contributed by atoms with van der Waals surface area (Å²) < 4.78 is 0. The minimum Gasteiger partial charge on any atom is -0.510 e. The fourth-order valence-electron chi connectivity index (χ4n) is 5.55. The van der Waals surface area contributed by atoms with Crippen molar-refractivity contribution in [2.45, 2.75) is 30.6 Å². The number of carboxylic acids is 1. The van der Waals surface area contributed by atoms with E-state index in [0.29, 0.717) is 5.56 Å². The number of carbonyl (C=O) groups excluding carboxylic acids is 2. The van der Waals surface area contributed by atoms with Gasteiger partial charge < -0.3 is 30.6 Å². The molecule has 10 nitrogen and oxygen atoms in total. The van der Waals surface area contributed by atoms with Crippen molar-refractivity contribution in [3.63, 3.8) is 0 Å². The Balaban J connectivity index is 2.06. The van der Waals surface area contributed by atoms with E-state index in [4.69, 9.17) is 0 Å². The largest absolute Gasteiger partial charge is 0.510 e. The molecule has 0 radical (unpaired) electrons. The van der Waals surface area contributed by atoms with Crippen LogP contribution in [0.2, 0.25) is 0 Å².